The SMILES string of the molecule is CCN1C(=CC=C2CC(C(C)(C)C(=O)OC)CC(C=CC3=[N+](CC)c4ccc5cc(OC)ccc5c4C3(C)C)=C2Cl)C(C)(C)c2c1ccc1cc(OC)ccc21.[I-]. The number of carbonyl (C=O) groups is 1. The van der Waals surface area contributed by atoms with E-state index in [-0.39, 0.29) is 46.7 Å². The molecular weight excluding hydrogens is 843 g/mol. The van der Waals surface area contributed by atoms with Crippen molar-refractivity contribution in [2.45, 2.75) is 79.1 Å². The number of benzene rings is 4. The van der Waals surface area contributed by atoms with Crippen LogP contribution in [0.15, 0.2) is 107 Å². The van der Waals surface area contributed by atoms with Gasteiger partial charge < -0.3 is 43.1 Å². The van der Waals surface area contributed by atoms with Gasteiger partial charge in [0.25, 0.3) is 0 Å². The molecule has 0 radical (unpaired) electrons. The van der Waals surface area contributed by atoms with E-state index >= 15 is 0 Å². The molecule has 0 saturated carbocycles. The van der Waals surface area contributed by atoms with Crippen LogP contribution in [0.2, 0.25) is 0 Å². The molecule has 57 heavy (non-hydrogen) atoms. The minimum absolute atomic E-state index is 0. The van der Waals surface area contributed by atoms with Crippen LogP contribution in [0.3, 0.4) is 0 Å². The largest absolute Gasteiger partial charge is 1.00 e. The number of allylic oxidation sites excluding steroid dienone is 8. The Hall–Kier alpha value is -4.08. The minimum atomic E-state index is -0.721. The van der Waals surface area contributed by atoms with Gasteiger partial charge in [0.05, 0.1) is 32.2 Å². The topological polar surface area (TPSA) is 51.0 Å². The Balaban J connectivity index is 0.00000549. The summed E-state index contributed by atoms with van der Waals surface area (Å²) < 4.78 is 18.9. The lowest BCUT2D eigenvalue weighted by Crippen LogP contribution is -3.00. The molecule has 2 aliphatic heterocycles. The van der Waals surface area contributed by atoms with Crippen molar-refractivity contribution in [2.75, 3.05) is 39.3 Å². The molecule has 0 fully saturated rings. The van der Waals surface area contributed by atoms with E-state index in [0.29, 0.717) is 12.8 Å². The van der Waals surface area contributed by atoms with Crippen molar-refractivity contribution < 1.29 is 47.6 Å². The van der Waals surface area contributed by atoms with E-state index in [2.05, 4.69) is 124 Å². The lowest BCUT2D eigenvalue weighted by Gasteiger charge is -2.36. The van der Waals surface area contributed by atoms with Crippen LogP contribution in [0.5, 0.6) is 11.5 Å². The van der Waals surface area contributed by atoms with Gasteiger partial charge in [-0.2, -0.15) is 4.58 Å². The number of nitrogens with zero attached hydrogens (tertiary/aromatic N) is 2. The third-order valence-electron chi connectivity index (χ3n) is 12.8. The Kier molecular flexibility index (Phi) is 11.9. The van der Waals surface area contributed by atoms with Crippen molar-refractivity contribution in [1.82, 2.24) is 0 Å². The first-order valence-electron chi connectivity index (χ1n) is 19.9. The fourth-order valence-corrected chi connectivity index (χ4v) is 9.93. The smallest absolute Gasteiger partial charge is 0.311 e. The molecule has 300 valence electrons. The van der Waals surface area contributed by atoms with E-state index in [4.69, 9.17) is 25.8 Å². The molecule has 0 amide bonds. The standard InChI is InChI=1S/C49H56ClN2O4.HI/c1-12-51-39-22-14-30-28-35(54-9)18-20-37(30)43(39)48(5,6)41(51)24-16-32-26-34(47(3,4)46(53)56-11)27-33(45(32)50)17-25-42-49(7,8)44-38-21-19-36(55-10)29-31(38)15-23-40(44)52(42)13-2;/h14-25,28-29,34H,12-13,26-27H2,1-11H3;1H/q+1;/p-1. The lowest BCUT2D eigenvalue weighted by atomic mass is 9.69. The molecule has 3 aliphatic rings. The molecule has 0 saturated heterocycles. The van der Waals surface area contributed by atoms with Gasteiger partial charge in [-0.15, -0.1) is 0 Å². The second kappa shape index (κ2) is 15.9. The monoisotopic (exact) mass is 898 g/mol. The normalized spacial score (nSPS) is 20.1. The van der Waals surface area contributed by atoms with Crippen LogP contribution in [0.25, 0.3) is 21.5 Å². The van der Waals surface area contributed by atoms with Crippen LogP contribution >= 0.6 is 11.6 Å². The van der Waals surface area contributed by atoms with E-state index in [1.54, 1.807) is 14.2 Å². The molecule has 4 aromatic carbocycles. The summed E-state index contributed by atoms with van der Waals surface area (Å²) >= 11 is 7.48. The molecule has 0 spiro atoms. The van der Waals surface area contributed by atoms with Gasteiger partial charge in [-0.3, -0.25) is 4.79 Å². The summed E-state index contributed by atoms with van der Waals surface area (Å²) in [6.45, 7) is 19.3. The molecule has 2 heterocycles. The molecule has 4 aromatic rings. The number of hydrogen-bond donors (Lipinski definition) is 0. The van der Waals surface area contributed by atoms with E-state index < -0.39 is 5.41 Å². The summed E-state index contributed by atoms with van der Waals surface area (Å²) in [6, 6.07) is 21.5. The van der Waals surface area contributed by atoms with Crippen molar-refractivity contribution in [3.05, 3.63) is 118 Å². The van der Waals surface area contributed by atoms with Crippen molar-refractivity contribution in [3.8, 4) is 11.5 Å². The number of methoxy groups -OCH3 is 3. The second-order valence-corrected chi connectivity index (χ2v) is 17.3. The van der Waals surface area contributed by atoms with Crippen LogP contribution in [0.4, 0.5) is 11.4 Å². The number of ether oxygens (including phenoxy) is 3. The van der Waals surface area contributed by atoms with Crippen molar-refractivity contribution in [2.24, 2.45) is 11.3 Å². The maximum Gasteiger partial charge on any atom is 0.311 e. The van der Waals surface area contributed by atoms with Gasteiger partial charge in [0.15, 0.2) is 5.71 Å². The van der Waals surface area contributed by atoms with Crippen molar-refractivity contribution in [3.63, 3.8) is 0 Å². The first kappa shape index (κ1) is 42.5. The quantitative estimate of drug-likeness (QED) is 0.0957. The van der Waals surface area contributed by atoms with E-state index in [0.717, 1.165) is 51.5 Å². The van der Waals surface area contributed by atoms with Gasteiger partial charge in [0.1, 0.15) is 18.0 Å². The first-order valence-corrected chi connectivity index (χ1v) is 20.2. The molecule has 1 atom stereocenters. The second-order valence-electron chi connectivity index (χ2n) is 17.0. The number of halogens is 2. The molecule has 1 aliphatic carbocycles. The molecule has 0 bridgehead atoms. The zero-order valence-electron chi connectivity index (χ0n) is 35.3. The summed E-state index contributed by atoms with van der Waals surface area (Å²) in [5, 5.41) is 5.54. The maximum absolute atomic E-state index is 13.3. The number of carbonyl (C=O) groups excluding carboxylic acids is 1. The highest BCUT2D eigenvalue weighted by Crippen LogP contribution is 2.52. The molecule has 7 rings (SSSR count). The number of likely N-dealkylation sites (N-methyl/N-ethyl adjacent to an activating group) is 1. The van der Waals surface area contributed by atoms with Crippen LogP contribution in [0, 0.1) is 11.3 Å². The maximum atomic E-state index is 13.3. The average molecular weight is 899 g/mol. The highest BCUT2D eigenvalue weighted by atomic mass is 127. The highest BCUT2D eigenvalue weighted by Gasteiger charge is 2.46. The summed E-state index contributed by atoms with van der Waals surface area (Å²) in [4.78, 5) is 15.7. The highest BCUT2D eigenvalue weighted by molar-refractivity contribution is 6.32. The predicted molar refractivity (Wildman–Crippen MR) is 232 cm³/mol. The van der Waals surface area contributed by atoms with Crippen LogP contribution in [-0.2, 0) is 20.4 Å². The minimum Gasteiger partial charge on any atom is -1.00 e. The van der Waals surface area contributed by atoms with Gasteiger partial charge in [0.2, 0.25) is 5.69 Å². The van der Waals surface area contributed by atoms with Crippen molar-refractivity contribution in [1.29, 1.82) is 0 Å². The zero-order chi connectivity index (χ0) is 40.3. The fraction of sp³-hybridized carbons (Fsp3) is 0.388. The number of anilines is 1. The van der Waals surface area contributed by atoms with Gasteiger partial charge in [-0.1, -0.05) is 55.8 Å². The molecular formula is C49H56ClIN2O4. The zero-order valence-corrected chi connectivity index (χ0v) is 38.2. The summed E-state index contributed by atoms with van der Waals surface area (Å²) in [5.74, 6) is 1.48. The van der Waals surface area contributed by atoms with E-state index in [9.17, 15) is 4.79 Å². The Morgan fingerprint density at radius 1 is 0.842 bits per heavy atom. The van der Waals surface area contributed by atoms with E-state index in [1.165, 1.54) is 51.8 Å². The van der Waals surface area contributed by atoms with Crippen molar-refractivity contribution >= 4 is 56.2 Å². The summed E-state index contributed by atoms with van der Waals surface area (Å²) in [6.07, 6.45) is 10.2. The predicted octanol–water partition coefficient (Wildman–Crippen LogP) is 8.70. The Bertz CT molecular complexity index is 2430. The third-order valence-corrected chi connectivity index (χ3v) is 13.3. The Morgan fingerprint density at radius 2 is 1.46 bits per heavy atom. The van der Waals surface area contributed by atoms with E-state index in [1.807, 2.05) is 26.0 Å². The molecule has 0 N–H and O–H groups in total. The number of fused-ring (bicyclic) bond motifs is 6. The average Bonchev–Trinajstić information content (AvgIpc) is 3.56. The van der Waals surface area contributed by atoms with Crippen LogP contribution in [0.1, 0.15) is 79.4 Å². The number of esters is 1. The Morgan fingerprint density at radius 3 is 2.04 bits per heavy atom. The third kappa shape index (κ3) is 7.00. The number of hydrogen-bond acceptors (Lipinski definition) is 5. The first-order chi connectivity index (χ1) is 26.6. The van der Waals surface area contributed by atoms with Gasteiger partial charge in [-0.25, -0.2) is 0 Å². The number of rotatable bonds is 9. The molecule has 8 heteroatoms. The lowest BCUT2D eigenvalue weighted by molar-refractivity contribution is -0.433. The fourth-order valence-electron chi connectivity index (χ4n) is 9.65. The van der Waals surface area contributed by atoms with Gasteiger partial charge >= 0.3 is 5.97 Å². The van der Waals surface area contributed by atoms with Gasteiger partial charge in [-0.05, 0) is 141 Å². The summed E-state index contributed by atoms with van der Waals surface area (Å²) in [5.41, 5.74) is 8.29. The van der Waals surface area contributed by atoms with Crippen LogP contribution < -0.4 is 38.4 Å². The molecule has 1 unspecified atom stereocenters. The molecule has 0 aromatic heterocycles. The Labute approximate surface area is 360 Å². The van der Waals surface area contributed by atoms with Gasteiger partial charge in [0, 0.05) is 46.1 Å². The summed E-state index contributed by atoms with van der Waals surface area (Å²) in [7, 11) is 4.90. The van der Waals surface area contributed by atoms with Crippen LogP contribution in [-0.4, -0.2) is 50.7 Å². The molecule has 6 nitrogen and oxygen atoms in total.